The maximum atomic E-state index is 2.40. The maximum Gasteiger partial charge on any atom is 0.0215 e. The lowest BCUT2D eigenvalue weighted by Gasteiger charge is -2.28. The molecule has 2 aliphatic rings. The Morgan fingerprint density at radius 3 is 2.19 bits per heavy atom. The molecule has 2 aliphatic carbocycles. The summed E-state index contributed by atoms with van der Waals surface area (Å²) < 4.78 is 0. The van der Waals surface area contributed by atoms with Crippen LogP contribution in [0.3, 0.4) is 0 Å². The van der Waals surface area contributed by atoms with Gasteiger partial charge < -0.3 is 0 Å². The number of hydrogen-bond donors (Lipinski definition) is 0. The fraction of sp³-hybridized carbons (Fsp3) is 0.429. The van der Waals surface area contributed by atoms with E-state index in [2.05, 4.69) is 63.2 Å². The minimum absolute atomic E-state index is 0.197. The van der Waals surface area contributed by atoms with Crippen LogP contribution < -0.4 is 0 Å². The molecule has 0 heteroatoms. The second-order valence-corrected chi connectivity index (χ2v) is 7.81. The van der Waals surface area contributed by atoms with Crippen LogP contribution in [-0.2, 0) is 10.8 Å². The van der Waals surface area contributed by atoms with Crippen molar-refractivity contribution in [3.63, 3.8) is 0 Å². The Morgan fingerprint density at radius 1 is 0.810 bits per heavy atom. The van der Waals surface area contributed by atoms with Gasteiger partial charge in [-0.05, 0) is 46.1 Å². The molecule has 0 amide bonds. The van der Waals surface area contributed by atoms with Crippen molar-refractivity contribution in [3.8, 4) is 11.1 Å². The largest absolute Gasteiger partial charge is 0.0619 e. The van der Waals surface area contributed by atoms with Crippen LogP contribution in [0.1, 0.15) is 63.1 Å². The van der Waals surface area contributed by atoms with Gasteiger partial charge in [0.1, 0.15) is 0 Å². The van der Waals surface area contributed by atoms with E-state index in [1.165, 1.54) is 36.8 Å². The van der Waals surface area contributed by atoms with Gasteiger partial charge >= 0.3 is 0 Å². The first kappa shape index (κ1) is 13.1. The van der Waals surface area contributed by atoms with Gasteiger partial charge in [-0.2, -0.15) is 0 Å². The van der Waals surface area contributed by atoms with E-state index in [1.54, 1.807) is 16.7 Å². The fourth-order valence-corrected chi connectivity index (χ4v) is 4.65. The summed E-state index contributed by atoms with van der Waals surface area (Å²) in [7, 11) is 0. The quantitative estimate of drug-likeness (QED) is 0.568. The SMILES string of the molecule is CC(C)(C)c1cccc2c1-c1ccccc1C21CCCC1. The molecule has 1 spiro atoms. The molecule has 1 saturated carbocycles. The van der Waals surface area contributed by atoms with Crippen molar-refractivity contribution in [2.75, 3.05) is 0 Å². The first-order chi connectivity index (χ1) is 10.0. The molecule has 0 nitrogen and oxygen atoms in total. The summed E-state index contributed by atoms with van der Waals surface area (Å²) in [5.41, 5.74) is 8.26. The van der Waals surface area contributed by atoms with Crippen LogP contribution in [0.25, 0.3) is 11.1 Å². The van der Waals surface area contributed by atoms with Crippen LogP contribution in [-0.4, -0.2) is 0 Å². The molecule has 0 aliphatic heterocycles. The topological polar surface area (TPSA) is 0 Å². The smallest absolute Gasteiger partial charge is 0.0215 e. The predicted octanol–water partition coefficient (Wildman–Crippen LogP) is 5.82. The zero-order valence-corrected chi connectivity index (χ0v) is 13.4. The third-order valence-corrected chi connectivity index (χ3v) is 5.56. The molecule has 108 valence electrons. The summed E-state index contributed by atoms with van der Waals surface area (Å²) in [6, 6.07) is 16.2. The molecular weight excluding hydrogens is 252 g/mol. The highest BCUT2D eigenvalue weighted by molar-refractivity contribution is 5.84. The predicted molar refractivity (Wildman–Crippen MR) is 89.8 cm³/mol. The summed E-state index contributed by atoms with van der Waals surface area (Å²) >= 11 is 0. The van der Waals surface area contributed by atoms with Crippen molar-refractivity contribution in [1.82, 2.24) is 0 Å². The molecule has 0 N–H and O–H groups in total. The summed E-state index contributed by atoms with van der Waals surface area (Å²) in [6.07, 6.45) is 5.39. The second kappa shape index (κ2) is 4.22. The summed E-state index contributed by atoms with van der Waals surface area (Å²) in [6.45, 7) is 7.01. The Morgan fingerprint density at radius 2 is 1.48 bits per heavy atom. The molecule has 1 fully saturated rings. The number of rotatable bonds is 0. The van der Waals surface area contributed by atoms with Gasteiger partial charge in [-0.3, -0.25) is 0 Å². The van der Waals surface area contributed by atoms with E-state index in [1.807, 2.05) is 0 Å². The maximum absolute atomic E-state index is 2.40. The standard InChI is InChI=1S/C21H24/c1-20(2,3)17-11-8-12-18-19(17)15-9-4-5-10-16(15)21(18)13-6-7-14-21/h4-5,8-12H,6-7,13-14H2,1-3H3. The van der Waals surface area contributed by atoms with E-state index >= 15 is 0 Å². The Balaban J connectivity index is 2.09. The Labute approximate surface area is 128 Å². The first-order valence-corrected chi connectivity index (χ1v) is 8.28. The average molecular weight is 276 g/mol. The van der Waals surface area contributed by atoms with E-state index in [0.29, 0.717) is 5.41 Å². The Kier molecular flexibility index (Phi) is 2.64. The lowest BCUT2D eigenvalue weighted by atomic mass is 9.75. The van der Waals surface area contributed by atoms with Gasteiger partial charge in [-0.15, -0.1) is 0 Å². The lowest BCUT2D eigenvalue weighted by molar-refractivity contribution is 0.546. The van der Waals surface area contributed by atoms with Crippen molar-refractivity contribution in [2.24, 2.45) is 0 Å². The molecule has 0 heterocycles. The van der Waals surface area contributed by atoms with Crippen LogP contribution in [0.2, 0.25) is 0 Å². The molecule has 0 radical (unpaired) electrons. The van der Waals surface area contributed by atoms with Crippen molar-refractivity contribution in [1.29, 1.82) is 0 Å². The first-order valence-electron chi connectivity index (χ1n) is 8.28. The van der Waals surface area contributed by atoms with Crippen LogP contribution in [0.15, 0.2) is 42.5 Å². The van der Waals surface area contributed by atoms with Gasteiger partial charge in [0.15, 0.2) is 0 Å². The minimum atomic E-state index is 0.197. The Hall–Kier alpha value is -1.56. The Bertz CT molecular complexity index is 694. The monoisotopic (exact) mass is 276 g/mol. The van der Waals surface area contributed by atoms with E-state index in [-0.39, 0.29) is 5.41 Å². The highest BCUT2D eigenvalue weighted by Gasteiger charge is 2.46. The molecule has 4 rings (SSSR count). The third kappa shape index (κ3) is 1.68. The van der Waals surface area contributed by atoms with Crippen molar-refractivity contribution in [3.05, 3.63) is 59.2 Å². The molecular formula is C21H24. The van der Waals surface area contributed by atoms with Crippen molar-refractivity contribution >= 4 is 0 Å². The molecule has 2 aromatic rings. The number of benzene rings is 2. The van der Waals surface area contributed by atoms with Gasteiger partial charge in [0.05, 0.1) is 0 Å². The van der Waals surface area contributed by atoms with Gasteiger partial charge in [-0.25, -0.2) is 0 Å². The van der Waals surface area contributed by atoms with E-state index in [9.17, 15) is 0 Å². The molecule has 0 aromatic heterocycles. The van der Waals surface area contributed by atoms with Gasteiger partial charge in [0, 0.05) is 5.41 Å². The summed E-state index contributed by atoms with van der Waals surface area (Å²) in [5.74, 6) is 0. The summed E-state index contributed by atoms with van der Waals surface area (Å²) in [4.78, 5) is 0. The average Bonchev–Trinajstić information content (AvgIpc) is 3.05. The molecule has 21 heavy (non-hydrogen) atoms. The van der Waals surface area contributed by atoms with Gasteiger partial charge in [-0.1, -0.05) is 76.1 Å². The van der Waals surface area contributed by atoms with Crippen LogP contribution in [0.4, 0.5) is 0 Å². The zero-order valence-electron chi connectivity index (χ0n) is 13.4. The van der Waals surface area contributed by atoms with Gasteiger partial charge in [0.2, 0.25) is 0 Å². The van der Waals surface area contributed by atoms with E-state index < -0.39 is 0 Å². The van der Waals surface area contributed by atoms with E-state index in [4.69, 9.17) is 0 Å². The normalized spacial score (nSPS) is 18.8. The van der Waals surface area contributed by atoms with Gasteiger partial charge in [0.25, 0.3) is 0 Å². The van der Waals surface area contributed by atoms with Crippen molar-refractivity contribution in [2.45, 2.75) is 57.3 Å². The summed E-state index contributed by atoms with van der Waals surface area (Å²) in [5, 5.41) is 0. The molecule has 0 unspecified atom stereocenters. The number of hydrogen-bond acceptors (Lipinski definition) is 0. The molecule has 0 saturated heterocycles. The van der Waals surface area contributed by atoms with Crippen LogP contribution in [0, 0.1) is 0 Å². The van der Waals surface area contributed by atoms with Crippen molar-refractivity contribution < 1.29 is 0 Å². The van der Waals surface area contributed by atoms with Crippen LogP contribution >= 0.6 is 0 Å². The molecule has 0 bridgehead atoms. The fourth-order valence-electron chi connectivity index (χ4n) is 4.65. The third-order valence-electron chi connectivity index (χ3n) is 5.56. The zero-order chi connectivity index (χ0) is 14.7. The van der Waals surface area contributed by atoms with E-state index in [0.717, 1.165) is 0 Å². The minimum Gasteiger partial charge on any atom is -0.0619 e. The lowest BCUT2D eigenvalue weighted by Crippen LogP contribution is -2.21. The van der Waals surface area contributed by atoms with Crippen LogP contribution in [0.5, 0.6) is 0 Å². The second-order valence-electron chi connectivity index (χ2n) is 7.81. The number of fused-ring (bicyclic) bond motifs is 5. The molecule has 2 aromatic carbocycles. The molecule has 0 atom stereocenters. The highest BCUT2D eigenvalue weighted by Crippen LogP contribution is 2.58. The highest BCUT2D eigenvalue weighted by atomic mass is 14.5.